The minimum absolute atomic E-state index is 0.373. The molecule has 0 saturated carbocycles. The summed E-state index contributed by atoms with van der Waals surface area (Å²) in [5.41, 5.74) is 3.73. The van der Waals surface area contributed by atoms with E-state index in [0.717, 1.165) is 25.4 Å². The van der Waals surface area contributed by atoms with Gasteiger partial charge in [-0.05, 0) is 59.2 Å². The van der Waals surface area contributed by atoms with E-state index in [1.165, 1.54) is 55.9 Å². The van der Waals surface area contributed by atoms with Gasteiger partial charge in [0, 0.05) is 6.61 Å². The number of hydrogen-bond acceptors (Lipinski definition) is 3. The number of aryl methyl sites for hydroxylation is 1. The number of aromatic nitrogens is 2. The maximum Gasteiger partial charge on any atom is 0.123 e. The van der Waals surface area contributed by atoms with Crippen molar-refractivity contribution in [1.29, 1.82) is 0 Å². The van der Waals surface area contributed by atoms with Crippen LogP contribution in [0.25, 0.3) is 6.08 Å². The third-order valence-corrected chi connectivity index (χ3v) is 4.69. The van der Waals surface area contributed by atoms with Crippen LogP contribution in [-0.2, 0) is 17.8 Å². The fraction of sp³-hybridized carbons (Fsp3) is 0.722. The average molecular weight is 303 g/mol. The molecule has 1 atom stereocenters. The van der Waals surface area contributed by atoms with Gasteiger partial charge in [-0.2, -0.15) is 0 Å². The molecule has 3 heterocycles. The van der Waals surface area contributed by atoms with Crippen LogP contribution in [0.2, 0.25) is 0 Å². The molecule has 1 unspecified atom stereocenters. The Morgan fingerprint density at radius 3 is 2.59 bits per heavy atom. The topological polar surface area (TPSA) is 30.3 Å². The van der Waals surface area contributed by atoms with E-state index in [0.29, 0.717) is 6.10 Å². The second kappa shape index (κ2) is 6.97. The molecule has 22 heavy (non-hydrogen) atoms. The fourth-order valence-electron chi connectivity index (χ4n) is 3.38. The number of imidazole rings is 1. The van der Waals surface area contributed by atoms with E-state index < -0.39 is 0 Å². The number of nitrogens with zero attached hydrogens (tertiary/aromatic N) is 3. The largest absolute Gasteiger partial charge is 0.376 e. The summed E-state index contributed by atoms with van der Waals surface area (Å²) in [5, 5.41) is 0. The molecular formula is C18H29N3O. The third kappa shape index (κ3) is 3.61. The van der Waals surface area contributed by atoms with Gasteiger partial charge in [0.1, 0.15) is 5.82 Å². The highest BCUT2D eigenvalue weighted by molar-refractivity contribution is 5.51. The van der Waals surface area contributed by atoms with Gasteiger partial charge in [-0.25, -0.2) is 4.98 Å². The van der Waals surface area contributed by atoms with Gasteiger partial charge in [-0.15, -0.1) is 0 Å². The van der Waals surface area contributed by atoms with Crippen molar-refractivity contribution in [2.24, 2.45) is 0 Å². The van der Waals surface area contributed by atoms with E-state index >= 15 is 0 Å². The summed E-state index contributed by atoms with van der Waals surface area (Å²) in [6.07, 6.45) is 7.84. The number of likely N-dealkylation sites (tertiary alicyclic amines) is 1. The number of allylic oxidation sites excluding steroid dienone is 1. The molecule has 0 N–H and O–H groups in total. The fourth-order valence-corrected chi connectivity index (χ4v) is 3.38. The molecule has 4 nitrogen and oxygen atoms in total. The van der Waals surface area contributed by atoms with Crippen molar-refractivity contribution in [2.45, 2.75) is 65.6 Å². The van der Waals surface area contributed by atoms with Crippen molar-refractivity contribution in [3.05, 3.63) is 22.8 Å². The SMILES string of the molecule is CC(C)=Cc1c(C)nc(CN2CCCCC2)n1CC1CCO1. The Kier molecular flexibility index (Phi) is 4.99. The van der Waals surface area contributed by atoms with Crippen molar-refractivity contribution in [1.82, 2.24) is 14.5 Å². The van der Waals surface area contributed by atoms with Gasteiger partial charge < -0.3 is 9.30 Å². The minimum Gasteiger partial charge on any atom is -0.376 e. The highest BCUT2D eigenvalue weighted by Gasteiger charge is 2.23. The van der Waals surface area contributed by atoms with E-state index in [9.17, 15) is 0 Å². The van der Waals surface area contributed by atoms with E-state index in [2.05, 4.69) is 36.3 Å². The predicted octanol–water partition coefficient (Wildman–Crippen LogP) is 3.39. The Hall–Kier alpha value is -1.13. The zero-order chi connectivity index (χ0) is 15.5. The van der Waals surface area contributed by atoms with Gasteiger partial charge in [-0.1, -0.05) is 12.0 Å². The van der Waals surface area contributed by atoms with Crippen molar-refractivity contribution >= 4 is 6.08 Å². The van der Waals surface area contributed by atoms with Crippen LogP contribution in [0.15, 0.2) is 5.57 Å². The van der Waals surface area contributed by atoms with E-state index in [1.54, 1.807) is 0 Å². The third-order valence-electron chi connectivity index (χ3n) is 4.69. The normalized spacial score (nSPS) is 22.4. The second-order valence-electron chi connectivity index (χ2n) is 6.95. The van der Waals surface area contributed by atoms with Crippen molar-refractivity contribution < 1.29 is 4.74 Å². The highest BCUT2D eigenvalue weighted by atomic mass is 16.5. The molecule has 0 aromatic carbocycles. The Morgan fingerprint density at radius 1 is 1.27 bits per heavy atom. The summed E-state index contributed by atoms with van der Waals surface area (Å²) >= 11 is 0. The molecular weight excluding hydrogens is 274 g/mol. The Bertz CT molecular complexity index is 533. The molecule has 122 valence electrons. The van der Waals surface area contributed by atoms with Crippen LogP contribution in [0.5, 0.6) is 0 Å². The molecule has 2 saturated heterocycles. The summed E-state index contributed by atoms with van der Waals surface area (Å²) in [6, 6.07) is 0. The van der Waals surface area contributed by atoms with Crippen LogP contribution < -0.4 is 0 Å². The first-order valence-electron chi connectivity index (χ1n) is 8.68. The highest BCUT2D eigenvalue weighted by Crippen LogP contribution is 2.22. The summed E-state index contributed by atoms with van der Waals surface area (Å²) in [5.74, 6) is 1.21. The lowest BCUT2D eigenvalue weighted by atomic mass is 10.1. The van der Waals surface area contributed by atoms with Gasteiger partial charge in [0.2, 0.25) is 0 Å². The van der Waals surface area contributed by atoms with Crippen molar-refractivity contribution in [3.63, 3.8) is 0 Å². The Labute approximate surface area is 134 Å². The summed E-state index contributed by atoms with van der Waals surface area (Å²) < 4.78 is 8.07. The lowest BCUT2D eigenvalue weighted by Gasteiger charge is -2.30. The predicted molar refractivity (Wildman–Crippen MR) is 89.8 cm³/mol. The summed E-state index contributed by atoms with van der Waals surface area (Å²) in [7, 11) is 0. The molecule has 0 spiro atoms. The number of ether oxygens (including phenoxy) is 1. The lowest BCUT2D eigenvalue weighted by Crippen LogP contribution is -2.34. The van der Waals surface area contributed by atoms with Crippen molar-refractivity contribution in [3.8, 4) is 0 Å². The standard InChI is InChI=1S/C18H29N3O/c1-14(2)11-17-15(3)19-18(13-20-8-5-4-6-9-20)21(17)12-16-7-10-22-16/h11,16H,4-10,12-13H2,1-3H3. The molecule has 0 radical (unpaired) electrons. The van der Waals surface area contributed by atoms with Crippen LogP contribution in [0.1, 0.15) is 56.7 Å². The van der Waals surface area contributed by atoms with E-state index in [-0.39, 0.29) is 0 Å². The molecule has 0 amide bonds. The van der Waals surface area contributed by atoms with Crippen LogP contribution in [-0.4, -0.2) is 40.3 Å². The summed E-state index contributed by atoms with van der Waals surface area (Å²) in [6.45, 7) is 11.7. The van der Waals surface area contributed by atoms with Crippen LogP contribution in [0.3, 0.4) is 0 Å². The van der Waals surface area contributed by atoms with Gasteiger partial charge >= 0.3 is 0 Å². The Balaban J connectivity index is 1.84. The molecule has 0 bridgehead atoms. The molecule has 2 aliphatic heterocycles. The van der Waals surface area contributed by atoms with Gasteiger partial charge in [0.25, 0.3) is 0 Å². The van der Waals surface area contributed by atoms with Crippen LogP contribution >= 0.6 is 0 Å². The monoisotopic (exact) mass is 303 g/mol. The van der Waals surface area contributed by atoms with E-state index in [4.69, 9.17) is 9.72 Å². The number of hydrogen-bond donors (Lipinski definition) is 0. The maximum absolute atomic E-state index is 5.67. The smallest absolute Gasteiger partial charge is 0.123 e. The first kappa shape index (κ1) is 15.8. The van der Waals surface area contributed by atoms with Crippen molar-refractivity contribution in [2.75, 3.05) is 19.7 Å². The van der Waals surface area contributed by atoms with Gasteiger partial charge in [-0.3, -0.25) is 4.90 Å². The number of piperidine rings is 1. The first-order chi connectivity index (χ1) is 10.6. The minimum atomic E-state index is 0.373. The van der Waals surface area contributed by atoms with Crippen LogP contribution in [0.4, 0.5) is 0 Å². The molecule has 0 aliphatic carbocycles. The average Bonchev–Trinajstić information content (AvgIpc) is 2.71. The van der Waals surface area contributed by atoms with Gasteiger partial charge in [0.05, 0.1) is 30.6 Å². The maximum atomic E-state index is 5.67. The molecule has 2 fully saturated rings. The zero-order valence-corrected chi connectivity index (χ0v) is 14.3. The zero-order valence-electron chi connectivity index (χ0n) is 14.3. The molecule has 3 rings (SSSR count). The Morgan fingerprint density at radius 2 is 2.00 bits per heavy atom. The van der Waals surface area contributed by atoms with E-state index in [1.807, 2.05) is 0 Å². The molecule has 4 heteroatoms. The quantitative estimate of drug-likeness (QED) is 0.835. The molecule has 1 aromatic heterocycles. The lowest BCUT2D eigenvalue weighted by molar-refractivity contribution is -0.0598. The summed E-state index contributed by atoms with van der Waals surface area (Å²) in [4.78, 5) is 7.44. The van der Waals surface area contributed by atoms with Crippen LogP contribution in [0, 0.1) is 6.92 Å². The molecule has 1 aromatic rings. The van der Waals surface area contributed by atoms with Gasteiger partial charge in [0.15, 0.2) is 0 Å². The molecule has 2 aliphatic rings. The number of rotatable bonds is 5. The second-order valence-corrected chi connectivity index (χ2v) is 6.95. The first-order valence-corrected chi connectivity index (χ1v) is 8.68.